The number of benzene rings is 1. The summed E-state index contributed by atoms with van der Waals surface area (Å²) in [6.07, 6.45) is 6.42. The van der Waals surface area contributed by atoms with Crippen LogP contribution in [0.3, 0.4) is 0 Å². The number of hydrogen-bond donors (Lipinski definition) is 2. The van der Waals surface area contributed by atoms with Crippen molar-refractivity contribution in [2.45, 2.75) is 52.1 Å². The molecular weight excluding hydrogens is 374 g/mol. The van der Waals surface area contributed by atoms with Gasteiger partial charge in [0.15, 0.2) is 5.96 Å². The molecule has 2 rings (SSSR count). The number of nitrogens with one attached hydrogen (secondary N) is 2. The first-order chi connectivity index (χ1) is 14.7. The lowest BCUT2D eigenvalue weighted by molar-refractivity contribution is 0.0341. The van der Waals surface area contributed by atoms with E-state index in [9.17, 15) is 0 Å². The molecule has 0 bridgehead atoms. The lowest BCUT2D eigenvalue weighted by atomic mass is 10.1. The highest BCUT2D eigenvalue weighted by Gasteiger charge is 2.12. The van der Waals surface area contributed by atoms with Crippen LogP contribution in [0, 0.1) is 0 Å². The molecule has 1 fully saturated rings. The summed E-state index contributed by atoms with van der Waals surface area (Å²) in [7, 11) is 4.29. The second kappa shape index (κ2) is 15.2. The molecule has 0 unspecified atom stereocenters. The summed E-state index contributed by atoms with van der Waals surface area (Å²) in [6.45, 7) is 10.6. The van der Waals surface area contributed by atoms with E-state index in [-0.39, 0.29) is 0 Å². The Morgan fingerprint density at radius 3 is 2.43 bits per heavy atom. The number of hydrogen-bond acceptors (Lipinski definition) is 4. The third-order valence-corrected chi connectivity index (χ3v) is 5.44. The van der Waals surface area contributed by atoms with Gasteiger partial charge in [0.2, 0.25) is 0 Å². The molecule has 1 aromatic carbocycles. The van der Waals surface area contributed by atoms with Crippen molar-refractivity contribution in [2.24, 2.45) is 4.99 Å². The largest absolute Gasteiger partial charge is 0.379 e. The van der Waals surface area contributed by atoms with Crippen molar-refractivity contribution in [1.82, 2.24) is 20.4 Å². The Morgan fingerprint density at radius 1 is 1.00 bits per heavy atom. The predicted molar refractivity (Wildman–Crippen MR) is 127 cm³/mol. The third-order valence-electron chi connectivity index (χ3n) is 5.44. The molecule has 0 saturated carbocycles. The molecule has 1 heterocycles. The Kier molecular flexibility index (Phi) is 12.5. The van der Waals surface area contributed by atoms with Gasteiger partial charge in [-0.05, 0) is 51.5 Å². The zero-order chi connectivity index (χ0) is 21.4. The molecule has 1 aliphatic heterocycles. The van der Waals surface area contributed by atoms with Crippen LogP contribution in [0.4, 0.5) is 0 Å². The smallest absolute Gasteiger partial charge is 0.191 e. The van der Waals surface area contributed by atoms with Crippen LogP contribution in [-0.2, 0) is 17.8 Å². The van der Waals surface area contributed by atoms with E-state index in [4.69, 9.17) is 9.73 Å². The van der Waals surface area contributed by atoms with Gasteiger partial charge in [-0.2, -0.15) is 0 Å². The number of ether oxygens (including phenoxy) is 1. The first-order valence-corrected chi connectivity index (χ1v) is 11.7. The third kappa shape index (κ3) is 10.4. The van der Waals surface area contributed by atoms with E-state index in [1.54, 1.807) is 0 Å². The molecular formula is C24H43N5O. The van der Waals surface area contributed by atoms with Crippen LogP contribution in [0.1, 0.15) is 50.2 Å². The van der Waals surface area contributed by atoms with Crippen LogP contribution in [0.15, 0.2) is 29.3 Å². The summed E-state index contributed by atoms with van der Waals surface area (Å²) in [5, 5.41) is 6.89. The fourth-order valence-corrected chi connectivity index (χ4v) is 3.66. The molecule has 0 aromatic heterocycles. The number of nitrogens with zero attached hydrogens (tertiary/aromatic N) is 3. The Labute approximate surface area is 184 Å². The lowest BCUT2D eigenvalue weighted by Crippen LogP contribution is -2.37. The number of unbranched alkanes of at least 4 members (excludes halogenated alkanes) is 4. The van der Waals surface area contributed by atoms with Crippen LogP contribution in [-0.4, -0.2) is 75.8 Å². The van der Waals surface area contributed by atoms with Gasteiger partial charge in [-0.15, -0.1) is 0 Å². The Bertz CT molecular complexity index is 599. The number of guanidine groups is 1. The van der Waals surface area contributed by atoms with Crippen LogP contribution in [0.2, 0.25) is 0 Å². The average Bonchev–Trinajstić information content (AvgIpc) is 2.75. The molecule has 1 aliphatic rings. The predicted octanol–water partition coefficient (Wildman–Crippen LogP) is 3.09. The van der Waals surface area contributed by atoms with Crippen LogP contribution in [0.25, 0.3) is 0 Å². The maximum absolute atomic E-state index is 5.47. The SMILES string of the molecule is CCNC(=NCc1ccccc1CN1CCOCC1)NCCCCCCCN(C)C. The highest BCUT2D eigenvalue weighted by atomic mass is 16.5. The van der Waals surface area contributed by atoms with Crippen molar-refractivity contribution >= 4 is 5.96 Å². The first-order valence-electron chi connectivity index (χ1n) is 11.7. The fraction of sp³-hybridized carbons (Fsp3) is 0.708. The van der Waals surface area contributed by atoms with E-state index in [0.717, 1.165) is 51.9 Å². The average molecular weight is 418 g/mol. The van der Waals surface area contributed by atoms with Gasteiger partial charge in [-0.3, -0.25) is 4.90 Å². The summed E-state index contributed by atoms with van der Waals surface area (Å²) < 4.78 is 5.47. The normalized spacial score (nSPS) is 15.5. The van der Waals surface area contributed by atoms with E-state index in [2.05, 4.69) is 65.7 Å². The fourth-order valence-electron chi connectivity index (χ4n) is 3.66. The van der Waals surface area contributed by atoms with Gasteiger partial charge in [0.25, 0.3) is 0 Å². The minimum absolute atomic E-state index is 0.709. The zero-order valence-corrected chi connectivity index (χ0v) is 19.5. The molecule has 1 aromatic rings. The molecule has 0 radical (unpaired) electrons. The highest BCUT2D eigenvalue weighted by molar-refractivity contribution is 5.79. The van der Waals surface area contributed by atoms with E-state index in [1.165, 1.54) is 49.8 Å². The Hall–Kier alpha value is -1.63. The van der Waals surface area contributed by atoms with Crippen molar-refractivity contribution in [3.63, 3.8) is 0 Å². The van der Waals surface area contributed by atoms with Gasteiger partial charge in [0, 0.05) is 32.7 Å². The summed E-state index contributed by atoms with van der Waals surface area (Å²) in [6, 6.07) is 8.68. The monoisotopic (exact) mass is 417 g/mol. The lowest BCUT2D eigenvalue weighted by Gasteiger charge is -2.27. The highest BCUT2D eigenvalue weighted by Crippen LogP contribution is 2.14. The van der Waals surface area contributed by atoms with Crippen molar-refractivity contribution in [1.29, 1.82) is 0 Å². The summed E-state index contributed by atoms with van der Waals surface area (Å²) in [4.78, 5) is 9.58. The number of aliphatic imine (C=N–C) groups is 1. The van der Waals surface area contributed by atoms with Crippen molar-refractivity contribution in [2.75, 3.05) is 60.0 Å². The Morgan fingerprint density at radius 2 is 1.70 bits per heavy atom. The summed E-state index contributed by atoms with van der Waals surface area (Å²) in [5.74, 6) is 0.922. The van der Waals surface area contributed by atoms with Crippen LogP contribution in [0.5, 0.6) is 0 Å². The maximum Gasteiger partial charge on any atom is 0.191 e. The zero-order valence-electron chi connectivity index (χ0n) is 19.5. The van der Waals surface area contributed by atoms with E-state index >= 15 is 0 Å². The van der Waals surface area contributed by atoms with Crippen LogP contribution < -0.4 is 10.6 Å². The topological polar surface area (TPSA) is 52.1 Å². The van der Waals surface area contributed by atoms with Gasteiger partial charge in [-0.1, -0.05) is 43.5 Å². The van der Waals surface area contributed by atoms with Crippen molar-refractivity contribution < 1.29 is 4.74 Å². The van der Waals surface area contributed by atoms with Crippen molar-refractivity contribution in [3.05, 3.63) is 35.4 Å². The Balaban J connectivity index is 1.75. The van der Waals surface area contributed by atoms with E-state index < -0.39 is 0 Å². The first kappa shape index (κ1) is 24.6. The number of rotatable bonds is 13. The molecule has 1 saturated heterocycles. The molecule has 0 amide bonds. The van der Waals surface area contributed by atoms with Gasteiger partial charge >= 0.3 is 0 Å². The second-order valence-corrected chi connectivity index (χ2v) is 8.35. The summed E-state index contributed by atoms with van der Waals surface area (Å²) in [5.41, 5.74) is 2.68. The molecule has 30 heavy (non-hydrogen) atoms. The molecule has 0 aliphatic carbocycles. The van der Waals surface area contributed by atoms with Gasteiger partial charge in [0.1, 0.15) is 0 Å². The number of morpholine rings is 1. The van der Waals surface area contributed by atoms with Gasteiger partial charge < -0.3 is 20.3 Å². The summed E-state index contributed by atoms with van der Waals surface area (Å²) >= 11 is 0. The van der Waals surface area contributed by atoms with Crippen molar-refractivity contribution in [3.8, 4) is 0 Å². The molecule has 6 heteroatoms. The molecule has 2 N–H and O–H groups in total. The standard InChI is InChI=1S/C24H43N5O/c1-4-25-24(26-14-10-6-5-7-11-15-28(2)3)27-20-22-12-8-9-13-23(22)21-29-16-18-30-19-17-29/h8-9,12-13H,4-7,10-11,14-21H2,1-3H3,(H2,25,26,27). The molecule has 170 valence electrons. The van der Waals surface area contributed by atoms with Crippen LogP contribution >= 0.6 is 0 Å². The molecule has 0 spiro atoms. The van der Waals surface area contributed by atoms with Gasteiger partial charge in [-0.25, -0.2) is 4.99 Å². The minimum atomic E-state index is 0.709. The minimum Gasteiger partial charge on any atom is -0.379 e. The molecule has 0 atom stereocenters. The quantitative estimate of drug-likeness (QED) is 0.293. The van der Waals surface area contributed by atoms with Gasteiger partial charge in [0.05, 0.1) is 19.8 Å². The maximum atomic E-state index is 5.47. The van der Waals surface area contributed by atoms with E-state index in [0.29, 0.717) is 6.54 Å². The second-order valence-electron chi connectivity index (χ2n) is 8.35. The molecule has 6 nitrogen and oxygen atoms in total. The van der Waals surface area contributed by atoms with E-state index in [1.807, 2.05) is 0 Å².